The molecule has 0 amide bonds. The summed E-state index contributed by atoms with van der Waals surface area (Å²) in [6, 6.07) is 9.01. The van der Waals surface area contributed by atoms with E-state index < -0.39 is 37.1 Å². The van der Waals surface area contributed by atoms with Crippen LogP contribution in [0.2, 0.25) is 10.0 Å². The lowest BCUT2D eigenvalue weighted by molar-refractivity contribution is -0.232. The summed E-state index contributed by atoms with van der Waals surface area (Å²) >= 11 is 12.9. The van der Waals surface area contributed by atoms with E-state index >= 15 is 0 Å². The summed E-state index contributed by atoms with van der Waals surface area (Å²) in [5.41, 5.74) is 2.87. The molecule has 2 aromatic rings. The van der Waals surface area contributed by atoms with Crippen LogP contribution in [-0.4, -0.2) is 65.2 Å². The summed E-state index contributed by atoms with van der Waals surface area (Å²) in [6.07, 6.45) is -5.88. The second-order valence-electron chi connectivity index (χ2n) is 7.70. The molecule has 9 heteroatoms. The Morgan fingerprint density at radius 1 is 0.969 bits per heavy atom. The van der Waals surface area contributed by atoms with E-state index in [-0.39, 0.29) is 6.61 Å². The summed E-state index contributed by atoms with van der Waals surface area (Å²) in [5.74, 6) is 0.599. The molecule has 2 aromatic carbocycles. The molecule has 5 atom stereocenters. The van der Waals surface area contributed by atoms with E-state index in [4.69, 9.17) is 37.4 Å². The Kier molecular flexibility index (Phi) is 8.77. The number of rotatable bonds is 8. The van der Waals surface area contributed by atoms with Crippen molar-refractivity contribution in [2.24, 2.45) is 0 Å². The Morgan fingerprint density at radius 3 is 2.34 bits per heavy atom. The Morgan fingerprint density at radius 2 is 1.72 bits per heavy atom. The van der Waals surface area contributed by atoms with Crippen molar-refractivity contribution < 1.29 is 34.6 Å². The monoisotopic (exact) mass is 486 g/mol. The highest BCUT2D eigenvalue weighted by Gasteiger charge is 2.44. The van der Waals surface area contributed by atoms with Gasteiger partial charge in [-0.25, -0.2) is 0 Å². The number of aliphatic hydroxyl groups is 4. The van der Waals surface area contributed by atoms with Gasteiger partial charge in [-0.15, -0.1) is 0 Å². The maximum Gasteiger partial charge on any atom is 0.137 e. The van der Waals surface area contributed by atoms with E-state index in [0.29, 0.717) is 39.9 Å². The van der Waals surface area contributed by atoms with Crippen molar-refractivity contribution in [1.82, 2.24) is 0 Å². The summed E-state index contributed by atoms with van der Waals surface area (Å²) in [5, 5.41) is 41.5. The molecule has 0 bridgehead atoms. The van der Waals surface area contributed by atoms with Gasteiger partial charge in [0.1, 0.15) is 36.3 Å². The lowest BCUT2D eigenvalue weighted by Gasteiger charge is -2.41. The Labute approximate surface area is 197 Å². The molecule has 1 fully saturated rings. The van der Waals surface area contributed by atoms with E-state index in [1.165, 1.54) is 7.11 Å². The molecule has 1 heterocycles. The van der Waals surface area contributed by atoms with Gasteiger partial charge in [-0.05, 0) is 53.8 Å². The molecule has 0 spiro atoms. The van der Waals surface area contributed by atoms with Crippen LogP contribution in [0.5, 0.6) is 5.75 Å². The zero-order valence-corrected chi connectivity index (χ0v) is 19.4. The number of methoxy groups -OCH3 is 1. The SMILES string of the molecule is CCOc1ccc(Cc2cc([C@@H]3O[C@H](CO)[C@@H](O)[C@H](O)[C@H]3O)c(COC)cc2Cl)cc1Cl. The molecule has 1 saturated heterocycles. The number of hydrogen-bond acceptors (Lipinski definition) is 7. The van der Waals surface area contributed by atoms with E-state index in [0.717, 1.165) is 11.1 Å². The van der Waals surface area contributed by atoms with Crippen LogP contribution in [-0.2, 0) is 22.5 Å². The molecule has 4 N–H and O–H groups in total. The van der Waals surface area contributed by atoms with Crippen molar-refractivity contribution >= 4 is 23.2 Å². The van der Waals surface area contributed by atoms with Gasteiger partial charge in [-0.2, -0.15) is 0 Å². The van der Waals surface area contributed by atoms with Crippen molar-refractivity contribution in [2.75, 3.05) is 20.3 Å². The molecular weight excluding hydrogens is 459 g/mol. The lowest BCUT2D eigenvalue weighted by Crippen LogP contribution is -2.55. The van der Waals surface area contributed by atoms with Crippen molar-refractivity contribution in [1.29, 1.82) is 0 Å². The molecule has 3 rings (SSSR count). The zero-order chi connectivity index (χ0) is 23.4. The minimum Gasteiger partial charge on any atom is -0.492 e. The fourth-order valence-corrected chi connectivity index (χ4v) is 4.38. The molecule has 0 unspecified atom stereocenters. The van der Waals surface area contributed by atoms with Crippen LogP contribution in [0.25, 0.3) is 0 Å². The molecule has 1 aliphatic heterocycles. The number of benzene rings is 2. The molecule has 7 nitrogen and oxygen atoms in total. The minimum atomic E-state index is -1.48. The zero-order valence-electron chi connectivity index (χ0n) is 17.9. The van der Waals surface area contributed by atoms with Crippen LogP contribution in [0.1, 0.15) is 35.3 Å². The predicted molar refractivity (Wildman–Crippen MR) is 120 cm³/mol. The van der Waals surface area contributed by atoms with Gasteiger partial charge in [0.2, 0.25) is 0 Å². The lowest BCUT2D eigenvalue weighted by atomic mass is 9.87. The fraction of sp³-hybridized carbons (Fsp3) is 0.478. The third-order valence-corrected chi connectivity index (χ3v) is 6.14. The van der Waals surface area contributed by atoms with E-state index in [1.807, 2.05) is 13.0 Å². The number of halogens is 2. The Balaban J connectivity index is 1.98. The third-order valence-electron chi connectivity index (χ3n) is 5.50. The summed E-state index contributed by atoms with van der Waals surface area (Å²) in [7, 11) is 1.53. The van der Waals surface area contributed by atoms with E-state index in [2.05, 4.69) is 0 Å². The first-order valence-electron chi connectivity index (χ1n) is 10.3. The highest BCUT2D eigenvalue weighted by atomic mass is 35.5. The second kappa shape index (κ2) is 11.1. The molecule has 32 heavy (non-hydrogen) atoms. The molecule has 176 valence electrons. The first-order chi connectivity index (χ1) is 15.3. The highest BCUT2D eigenvalue weighted by molar-refractivity contribution is 6.32. The maximum atomic E-state index is 10.6. The molecule has 0 radical (unpaired) electrons. The van der Waals surface area contributed by atoms with Crippen LogP contribution in [0.4, 0.5) is 0 Å². The van der Waals surface area contributed by atoms with Crippen LogP contribution in [0.3, 0.4) is 0 Å². The van der Waals surface area contributed by atoms with Crippen molar-refractivity contribution in [2.45, 2.75) is 50.5 Å². The van der Waals surface area contributed by atoms with E-state index in [9.17, 15) is 20.4 Å². The van der Waals surface area contributed by atoms with E-state index in [1.54, 1.807) is 24.3 Å². The molecule has 0 saturated carbocycles. The topological polar surface area (TPSA) is 109 Å². The largest absolute Gasteiger partial charge is 0.492 e. The van der Waals surface area contributed by atoms with Gasteiger partial charge >= 0.3 is 0 Å². The fourth-order valence-electron chi connectivity index (χ4n) is 3.86. The number of hydrogen-bond donors (Lipinski definition) is 4. The third kappa shape index (κ3) is 5.38. The van der Waals surface area contributed by atoms with Gasteiger partial charge in [-0.3, -0.25) is 0 Å². The van der Waals surface area contributed by atoms with Gasteiger partial charge in [0.05, 0.1) is 24.8 Å². The van der Waals surface area contributed by atoms with Crippen molar-refractivity contribution in [3.63, 3.8) is 0 Å². The van der Waals surface area contributed by atoms with Crippen LogP contribution in [0.15, 0.2) is 30.3 Å². The maximum absolute atomic E-state index is 10.6. The average Bonchev–Trinajstić information content (AvgIpc) is 2.77. The van der Waals surface area contributed by atoms with Crippen molar-refractivity contribution in [3.05, 3.63) is 62.6 Å². The molecule has 0 aromatic heterocycles. The Hall–Kier alpha value is -1.42. The van der Waals surface area contributed by atoms with Gasteiger partial charge in [-0.1, -0.05) is 35.3 Å². The number of ether oxygens (including phenoxy) is 3. The Bertz CT molecular complexity index is 921. The summed E-state index contributed by atoms with van der Waals surface area (Å²) in [4.78, 5) is 0. The number of aliphatic hydroxyl groups excluding tert-OH is 4. The van der Waals surface area contributed by atoms with Crippen LogP contribution in [0, 0.1) is 0 Å². The molecular formula is C23H28Cl2O7. The standard InChI is InChI=1S/C23H28Cl2O7/c1-3-31-18-5-4-12(7-17(18)25)6-13-8-15(14(11-30-2)9-16(13)24)23-22(29)21(28)20(27)19(10-26)32-23/h4-5,7-9,19-23,26-29H,3,6,10-11H2,1-2H3/t19-,20-,21+,22-,23+/m1/s1. The van der Waals surface area contributed by atoms with Crippen LogP contribution < -0.4 is 4.74 Å². The van der Waals surface area contributed by atoms with Crippen LogP contribution >= 0.6 is 23.2 Å². The van der Waals surface area contributed by atoms with Gasteiger partial charge in [0.25, 0.3) is 0 Å². The normalized spacial score (nSPS) is 25.7. The van der Waals surface area contributed by atoms with Gasteiger partial charge < -0.3 is 34.6 Å². The smallest absolute Gasteiger partial charge is 0.137 e. The summed E-state index contributed by atoms with van der Waals surface area (Å²) < 4.78 is 16.5. The average molecular weight is 487 g/mol. The summed E-state index contributed by atoms with van der Waals surface area (Å²) in [6.45, 7) is 2.08. The first kappa shape index (κ1) is 25.2. The minimum absolute atomic E-state index is 0.194. The quantitative estimate of drug-likeness (QED) is 0.454. The first-order valence-corrected chi connectivity index (χ1v) is 11.1. The second-order valence-corrected chi connectivity index (χ2v) is 8.51. The predicted octanol–water partition coefficient (Wildman–Crippen LogP) is 2.64. The van der Waals surface area contributed by atoms with Gasteiger partial charge in [0, 0.05) is 12.1 Å². The van der Waals surface area contributed by atoms with Crippen molar-refractivity contribution in [3.8, 4) is 5.75 Å². The highest BCUT2D eigenvalue weighted by Crippen LogP contribution is 2.37. The van der Waals surface area contributed by atoms with Gasteiger partial charge in [0.15, 0.2) is 0 Å². The molecule has 1 aliphatic rings. The molecule has 0 aliphatic carbocycles.